The first kappa shape index (κ1) is 48.5. The highest BCUT2D eigenvalue weighted by Crippen LogP contribution is 2.40. The van der Waals surface area contributed by atoms with E-state index in [1.54, 1.807) is 46.2 Å². The minimum absolute atomic E-state index is 0. The number of aromatic nitrogens is 6. The SMILES string of the molecule is CCC(C)n1ncn(-c2ccc(N3CCN(c4ccc(OCC5COC(Cn6c[n+](Cc7cc(C)c(OC(=O)c8ccccc8)c(C)c7)cn6)(c6ccc(Cl)cc6Cl)O5)cc4)CC3)cc2)c1=O.[Br-]. The molecule has 17 heteroatoms. The van der Waals surface area contributed by atoms with Crippen molar-refractivity contribution >= 4 is 40.5 Å². The number of rotatable bonds is 15. The van der Waals surface area contributed by atoms with E-state index in [2.05, 4.69) is 44.3 Å². The predicted molar refractivity (Wildman–Crippen MR) is 257 cm³/mol. The van der Waals surface area contributed by atoms with Gasteiger partial charge in [-0.25, -0.2) is 23.4 Å². The zero-order valence-electron chi connectivity index (χ0n) is 38.3. The molecule has 4 heterocycles. The van der Waals surface area contributed by atoms with Gasteiger partial charge < -0.3 is 45.7 Å². The van der Waals surface area contributed by atoms with E-state index in [0.717, 1.165) is 72.1 Å². The summed E-state index contributed by atoms with van der Waals surface area (Å²) in [6, 6.07) is 34.6. The smallest absolute Gasteiger partial charge is 0.350 e. The first-order chi connectivity index (χ1) is 32.4. The van der Waals surface area contributed by atoms with Gasteiger partial charge in [-0.15, -0.1) is 4.68 Å². The van der Waals surface area contributed by atoms with Crippen LogP contribution in [0.4, 0.5) is 11.4 Å². The standard InChI is InChI=1S/C51H53Cl2N8O6.BrH/c1-5-37(4)61-50(63)60(33-55-61)43-14-12-41(13-15-43)57-21-23-58(24-22-57)42-16-18-44(19-17-42)64-29-45-30-65-51(67-45,46-20-11-40(52)27-47(46)53)31-59-34-56(32-54-59)28-38-25-35(2)48(36(3)26-38)66-49(62)39-9-7-6-8-10-39;/h6-20,25-27,32-34,37,45H,5,21-24,28-31H2,1-4H3;1H/q+1;/p-1. The van der Waals surface area contributed by atoms with E-state index in [1.807, 2.05) is 99.3 Å². The average Bonchev–Trinajstić information content (AvgIpc) is 4.08. The summed E-state index contributed by atoms with van der Waals surface area (Å²) in [4.78, 5) is 30.4. The number of benzene rings is 5. The van der Waals surface area contributed by atoms with Crippen LogP contribution in [-0.2, 0) is 28.4 Å². The van der Waals surface area contributed by atoms with Gasteiger partial charge in [0.2, 0.25) is 12.1 Å². The van der Waals surface area contributed by atoms with Crippen LogP contribution >= 0.6 is 23.2 Å². The summed E-state index contributed by atoms with van der Waals surface area (Å²) in [6.07, 6.45) is 5.68. The summed E-state index contributed by atoms with van der Waals surface area (Å²) in [6.45, 7) is 12.6. The number of carbonyl (C=O) groups is 1. The van der Waals surface area contributed by atoms with E-state index in [-0.39, 0.29) is 48.5 Å². The van der Waals surface area contributed by atoms with E-state index >= 15 is 0 Å². The van der Waals surface area contributed by atoms with E-state index in [4.69, 9.17) is 42.1 Å². The van der Waals surface area contributed by atoms with E-state index in [9.17, 15) is 9.59 Å². The maximum atomic E-state index is 12.9. The van der Waals surface area contributed by atoms with Crippen LogP contribution in [0.5, 0.6) is 11.5 Å². The van der Waals surface area contributed by atoms with Crippen LogP contribution in [0.25, 0.3) is 5.69 Å². The molecule has 2 aliphatic heterocycles. The second kappa shape index (κ2) is 21.1. The fourth-order valence-corrected chi connectivity index (χ4v) is 9.23. The molecule has 0 saturated carbocycles. The number of hydrogen-bond acceptors (Lipinski definition) is 10. The van der Waals surface area contributed by atoms with Crippen molar-refractivity contribution in [3.05, 3.63) is 177 Å². The molecule has 68 heavy (non-hydrogen) atoms. The topological polar surface area (TPSA) is 122 Å². The zero-order chi connectivity index (χ0) is 46.7. The highest BCUT2D eigenvalue weighted by molar-refractivity contribution is 6.35. The molecule has 0 aliphatic carbocycles. The Kier molecular flexibility index (Phi) is 15.1. The number of aryl methyl sites for hydroxylation is 2. The molecule has 2 aromatic heterocycles. The molecule has 7 aromatic rings. The summed E-state index contributed by atoms with van der Waals surface area (Å²) in [5.74, 6) is -0.375. The van der Waals surface area contributed by atoms with E-state index < -0.39 is 17.9 Å². The maximum absolute atomic E-state index is 12.9. The van der Waals surface area contributed by atoms with E-state index in [1.165, 1.54) is 4.68 Å². The van der Waals surface area contributed by atoms with Crippen LogP contribution in [-0.4, -0.2) is 75.6 Å². The zero-order valence-corrected chi connectivity index (χ0v) is 41.4. The van der Waals surface area contributed by atoms with Gasteiger partial charge in [0.25, 0.3) is 6.33 Å². The Morgan fingerprint density at radius 1 is 0.868 bits per heavy atom. The molecule has 0 N–H and O–H groups in total. The van der Waals surface area contributed by atoms with Gasteiger partial charge in [-0.05, 0) is 129 Å². The monoisotopic (exact) mass is 1020 g/mol. The molecule has 2 saturated heterocycles. The van der Waals surface area contributed by atoms with Gasteiger partial charge in [0, 0.05) is 53.2 Å². The molecule has 0 spiro atoms. The number of esters is 1. The largest absolute Gasteiger partial charge is 1.00 e. The molecule has 14 nitrogen and oxygen atoms in total. The number of halogens is 3. The highest BCUT2D eigenvalue weighted by atomic mass is 79.9. The summed E-state index contributed by atoms with van der Waals surface area (Å²) in [7, 11) is 0. The summed E-state index contributed by atoms with van der Waals surface area (Å²) >= 11 is 13.1. The minimum atomic E-state index is -1.26. The van der Waals surface area contributed by atoms with Crippen molar-refractivity contribution < 1.29 is 45.3 Å². The second-order valence-corrected chi connectivity index (χ2v) is 18.0. The third kappa shape index (κ3) is 10.7. The van der Waals surface area contributed by atoms with Crippen molar-refractivity contribution in [3.63, 3.8) is 0 Å². The lowest BCUT2D eigenvalue weighted by atomic mass is 10.1. The van der Waals surface area contributed by atoms with Crippen molar-refractivity contribution in [2.75, 3.05) is 49.2 Å². The van der Waals surface area contributed by atoms with Crippen LogP contribution in [0.1, 0.15) is 58.9 Å². The highest BCUT2D eigenvalue weighted by Gasteiger charge is 2.47. The molecule has 0 radical (unpaired) electrons. The van der Waals surface area contributed by atoms with Crippen molar-refractivity contribution in [1.82, 2.24) is 24.1 Å². The Morgan fingerprint density at radius 2 is 1.51 bits per heavy atom. The number of ether oxygens (including phenoxy) is 4. The number of piperazine rings is 1. The lowest BCUT2D eigenvalue weighted by molar-refractivity contribution is -0.689. The number of hydrogen-bond donors (Lipinski definition) is 0. The van der Waals surface area contributed by atoms with Crippen molar-refractivity contribution in [1.29, 1.82) is 0 Å². The molecule has 3 atom stereocenters. The van der Waals surface area contributed by atoms with Crippen molar-refractivity contribution in [3.8, 4) is 17.2 Å². The van der Waals surface area contributed by atoms with Crippen LogP contribution in [0.2, 0.25) is 10.0 Å². The maximum Gasteiger partial charge on any atom is 0.350 e. The molecule has 2 aliphatic rings. The van der Waals surface area contributed by atoms with Gasteiger partial charge >= 0.3 is 11.7 Å². The Balaban J connectivity index is 0.00000625. The average molecular weight is 1020 g/mol. The van der Waals surface area contributed by atoms with Crippen LogP contribution in [0, 0.1) is 13.8 Å². The number of anilines is 2. The second-order valence-electron chi connectivity index (χ2n) is 17.1. The normalized spacial score (nSPS) is 17.5. The Hall–Kier alpha value is -5.97. The number of carbonyl (C=O) groups excluding carboxylic acids is 1. The Labute approximate surface area is 415 Å². The van der Waals surface area contributed by atoms with Gasteiger partial charge in [0.05, 0.1) is 35.5 Å². The molecule has 3 unspecified atom stereocenters. The third-order valence-electron chi connectivity index (χ3n) is 12.4. The lowest BCUT2D eigenvalue weighted by Crippen LogP contribution is -3.00. The third-order valence-corrected chi connectivity index (χ3v) is 13.0. The van der Waals surface area contributed by atoms with Gasteiger partial charge in [-0.1, -0.05) is 54.4 Å². The van der Waals surface area contributed by atoms with Crippen LogP contribution in [0.15, 0.2) is 133 Å². The molecule has 354 valence electrons. The summed E-state index contributed by atoms with van der Waals surface area (Å²) in [5, 5.41) is 9.91. The van der Waals surface area contributed by atoms with Crippen molar-refractivity contribution in [2.45, 2.75) is 65.1 Å². The molecule has 0 bridgehead atoms. The van der Waals surface area contributed by atoms with Gasteiger partial charge in [-0.2, -0.15) is 5.10 Å². The molecular formula is C51H53BrCl2N8O6. The first-order valence-electron chi connectivity index (χ1n) is 22.5. The van der Waals surface area contributed by atoms with Gasteiger partial charge in [0.15, 0.2) is 6.54 Å². The summed E-state index contributed by atoms with van der Waals surface area (Å²) < 4.78 is 32.2. The van der Waals surface area contributed by atoms with E-state index in [0.29, 0.717) is 33.5 Å². The molecule has 9 rings (SSSR count). The molecule has 0 amide bonds. The molecule has 2 fully saturated rings. The van der Waals surface area contributed by atoms with Crippen molar-refractivity contribution in [2.24, 2.45) is 0 Å². The van der Waals surface area contributed by atoms with Gasteiger partial charge in [-0.3, -0.25) is 0 Å². The first-order valence-corrected chi connectivity index (χ1v) is 23.3. The van der Waals surface area contributed by atoms with Crippen LogP contribution in [0.3, 0.4) is 0 Å². The quantitative estimate of drug-likeness (QED) is 0.0755. The minimum Gasteiger partial charge on any atom is -1.00 e. The fraction of sp³-hybridized carbons (Fsp3) is 0.314. The molecule has 5 aromatic carbocycles. The van der Waals surface area contributed by atoms with Gasteiger partial charge in [0.1, 0.15) is 30.5 Å². The Bertz CT molecular complexity index is 2880. The fourth-order valence-electron chi connectivity index (χ4n) is 8.68. The summed E-state index contributed by atoms with van der Waals surface area (Å²) in [5.41, 5.74) is 6.80. The van der Waals surface area contributed by atoms with Crippen LogP contribution < -0.4 is 46.5 Å². The number of nitrogens with zero attached hydrogens (tertiary/aromatic N) is 8. The molecular weight excluding hydrogens is 971 g/mol. The Morgan fingerprint density at radius 3 is 2.16 bits per heavy atom. The predicted octanol–water partition coefficient (Wildman–Crippen LogP) is 5.36. The lowest BCUT2D eigenvalue weighted by Gasteiger charge is -2.37.